The van der Waals surface area contributed by atoms with Gasteiger partial charge in [-0.15, -0.1) is 13.2 Å². The zero-order valence-electron chi connectivity index (χ0n) is 20.3. The van der Waals surface area contributed by atoms with Crippen LogP contribution in [0.25, 0.3) is 16.7 Å². The molecule has 0 radical (unpaired) electrons. The van der Waals surface area contributed by atoms with Gasteiger partial charge in [0.1, 0.15) is 5.75 Å². The van der Waals surface area contributed by atoms with Gasteiger partial charge in [-0.05, 0) is 44.2 Å². The molecule has 9 nitrogen and oxygen atoms in total. The molecule has 2 amide bonds. The summed E-state index contributed by atoms with van der Waals surface area (Å²) in [5.41, 5.74) is 2.67. The summed E-state index contributed by atoms with van der Waals surface area (Å²) in [6.45, 7) is 2.15. The molecule has 3 aromatic rings. The maximum Gasteiger partial charge on any atom is 0.573 e. The first-order valence-corrected chi connectivity index (χ1v) is 11.6. The number of rotatable bonds is 6. The summed E-state index contributed by atoms with van der Waals surface area (Å²) in [5.74, 6) is -2.46. The van der Waals surface area contributed by atoms with Crippen LogP contribution in [0.5, 0.6) is 5.75 Å². The highest BCUT2D eigenvalue weighted by Crippen LogP contribution is 2.41. The number of aromatic nitrogens is 3. The molecule has 0 bridgehead atoms. The summed E-state index contributed by atoms with van der Waals surface area (Å²) >= 11 is 0. The van der Waals surface area contributed by atoms with Crippen molar-refractivity contribution in [3.63, 3.8) is 0 Å². The molecule has 4 heterocycles. The van der Waals surface area contributed by atoms with E-state index in [0.29, 0.717) is 28.1 Å². The fourth-order valence-corrected chi connectivity index (χ4v) is 4.65. The predicted molar refractivity (Wildman–Crippen MR) is 125 cm³/mol. The molecule has 0 unspecified atom stereocenters. The molecule has 5 rings (SSSR count). The number of anilines is 1. The number of amides is 2. The number of carbonyl (C=O) groups is 2. The number of nitrogens with zero attached hydrogens (tertiary/aromatic N) is 5. The maximum atomic E-state index is 14.7. The number of nitrogens with two attached hydrogens (primary N) is 1. The van der Waals surface area contributed by atoms with E-state index in [1.807, 2.05) is 0 Å². The Kier molecular flexibility index (Phi) is 5.76. The largest absolute Gasteiger partial charge is 0.573 e. The second-order valence-electron chi connectivity index (χ2n) is 9.93. The van der Waals surface area contributed by atoms with Gasteiger partial charge in [0.2, 0.25) is 5.67 Å². The number of hydrogen-bond acceptors (Lipinski definition) is 6. The molecule has 1 aromatic carbocycles. The van der Waals surface area contributed by atoms with Gasteiger partial charge in [-0.25, -0.2) is 18.4 Å². The minimum Gasteiger partial charge on any atom is -0.406 e. The summed E-state index contributed by atoms with van der Waals surface area (Å²) in [5, 5.41) is 5.18. The molecule has 14 heteroatoms. The van der Waals surface area contributed by atoms with Crippen molar-refractivity contribution in [1.29, 1.82) is 0 Å². The number of carbonyl (C=O) groups excluding carboxylic acids is 2. The molecule has 0 aliphatic carbocycles. The van der Waals surface area contributed by atoms with Gasteiger partial charge >= 0.3 is 6.36 Å². The van der Waals surface area contributed by atoms with E-state index in [-0.39, 0.29) is 32.1 Å². The molecule has 0 spiro atoms. The van der Waals surface area contributed by atoms with Crippen molar-refractivity contribution < 1.29 is 36.3 Å². The van der Waals surface area contributed by atoms with Crippen LogP contribution in [0.4, 0.5) is 27.6 Å². The lowest BCUT2D eigenvalue weighted by molar-refractivity contribution is -0.274. The lowest BCUT2D eigenvalue weighted by Crippen LogP contribution is -2.65. The first-order valence-electron chi connectivity index (χ1n) is 11.6. The van der Waals surface area contributed by atoms with Gasteiger partial charge in [0.05, 0.1) is 35.5 Å². The van der Waals surface area contributed by atoms with Crippen molar-refractivity contribution >= 4 is 28.5 Å². The zero-order chi connectivity index (χ0) is 27.6. The molecule has 38 heavy (non-hydrogen) atoms. The Bertz CT molecular complexity index is 1400. The van der Waals surface area contributed by atoms with Gasteiger partial charge < -0.3 is 20.3 Å². The van der Waals surface area contributed by atoms with E-state index in [4.69, 9.17) is 5.73 Å². The van der Waals surface area contributed by atoms with Crippen LogP contribution in [-0.4, -0.2) is 75.4 Å². The molecule has 202 valence electrons. The summed E-state index contributed by atoms with van der Waals surface area (Å²) in [6, 6.07) is 6.64. The molecular weight excluding hydrogens is 515 g/mol. The molecule has 0 atom stereocenters. The highest BCUT2D eigenvalue weighted by atomic mass is 19.4. The Hall–Kier alpha value is -3.97. The van der Waals surface area contributed by atoms with Crippen molar-refractivity contribution in [3.05, 3.63) is 42.2 Å². The van der Waals surface area contributed by atoms with Crippen molar-refractivity contribution in [3.8, 4) is 11.4 Å². The first-order chi connectivity index (χ1) is 17.7. The van der Waals surface area contributed by atoms with Crippen LogP contribution in [0.15, 0.2) is 36.5 Å². The van der Waals surface area contributed by atoms with Gasteiger partial charge in [0.25, 0.3) is 11.8 Å². The Morgan fingerprint density at radius 2 is 1.71 bits per heavy atom. The van der Waals surface area contributed by atoms with E-state index in [1.165, 1.54) is 41.8 Å². The van der Waals surface area contributed by atoms with Crippen LogP contribution in [0.3, 0.4) is 0 Å². The lowest BCUT2D eigenvalue weighted by Gasteiger charge is -2.44. The quantitative estimate of drug-likeness (QED) is 0.484. The number of pyridine rings is 1. The van der Waals surface area contributed by atoms with Crippen molar-refractivity contribution in [2.75, 3.05) is 31.1 Å². The number of alkyl halides is 5. The van der Waals surface area contributed by atoms with Crippen LogP contribution >= 0.6 is 0 Å². The molecule has 2 aliphatic rings. The van der Waals surface area contributed by atoms with E-state index < -0.39 is 35.3 Å². The third kappa shape index (κ3) is 4.47. The highest BCUT2D eigenvalue weighted by molar-refractivity contribution is 5.96. The highest BCUT2D eigenvalue weighted by Gasteiger charge is 2.50. The normalized spacial score (nSPS) is 17.8. The van der Waals surface area contributed by atoms with Crippen molar-refractivity contribution in [1.82, 2.24) is 19.7 Å². The molecule has 0 saturated carbocycles. The summed E-state index contributed by atoms with van der Waals surface area (Å²) in [7, 11) is 0. The van der Waals surface area contributed by atoms with Crippen LogP contribution in [0, 0.1) is 0 Å². The molecular formula is C24H23F5N6O3. The smallest absolute Gasteiger partial charge is 0.406 e. The number of hydrogen-bond donors (Lipinski definition) is 1. The molecule has 2 fully saturated rings. The fourth-order valence-electron chi connectivity index (χ4n) is 4.65. The Labute approximate surface area is 212 Å². The number of fused-ring (bicyclic) bond motifs is 1. The molecule has 2 aliphatic heterocycles. The third-order valence-corrected chi connectivity index (χ3v) is 6.62. The number of benzene rings is 1. The number of likely N-dealkylation sites (tertiary alicyclic amines) is 1. The van der Waals surface area contributed by atoms with E-state index >= 15 is 0 Å². The minimum atomic E-state index is -4.85. The van der Waals surface area contributed by atoms with E-state index in [0.717, 1.165) is 12.1 Å². The number of primary amides is 1. The molecule has 2 saturated heterocycles. The van der Waals surface area contributed by atoms with Crippen LogP contribution < -0.4 is 15.4 Å². The fraction of sp³-hybridized carbons (Fsp3) is 0.417. The van der Waals surface area contributed by atoms with Crippen LogP contribution in [-0.2, 0) is 9.59 Å². The predicted octanol–water partition coefficient (Wildman–Crippen LogP) is 3.01. The second-order valence-corrected chi connectivity index (χ2v) is 9.93. The third-order valence-electron chi connectivity index (χ3n) is 6.62. The Balaban J connectivity index is 1.54. The van der Waals surface area contributed by atoms with E-state index in [9.17, 15) is 31.5 Å². The summed E-state index contributed by atoms with van der Waals surface area (Å²) < 4.78 is 71.9. The van der Waals surface area contributed by atoms with Gasteiger partial charge in [0, 0.05) is 25.2 Å². The average Bonchev–Trinajstić information content (AvgIpc) is 3.14. The van der Waals surface area contributed by atoms with Gasteiger partial charge in [-0.1, -0.05) is 0 Å². The van der Waals surface area contributed by atoms with Crippen LogP contribution in [0.2, 0.25) is 0 Å². The van der Waals surface area contributed by atoms with E-state index in [1.54, 1.807) is 11.0 Å². The standard InChI is InChI=1S/C24H23F5N6O3/c1-22(2,25)21(37)33-9-13(10-33)18-17-16(34-11-23(26,12-34)20(30)36)7-8-31-19(17)35(32-18)14-3-5-15(6-4-14)38-24(27,28)29/h3-8,13H,9-12H2,1-2H3,(H2,30,36). The minimum absolute atomic E-state index is 0.180. The van der Waals surface area contributed by atoms with Gasteiger partial charge in [-0.2, -0.15) is 5.10 Å². The molecule has 2 N–H and O–H groups in total. The van der Waals surface area contributed by atoms with Gasteiger partial charge in [0.15, 0.2) is 11.3 Å². The molecule has 2 aromatic heterocycles. The van der Waals surface area contributed by atoms with Crippen LogP contribution in [0.1, 0.15) is 25.5 Å². The Morgan fingerprint density at radius 1 is 1.08 bits per heavy atom. The number of halogens is 5. The number of ether oxygens (including phenoxy) is 1. The maximum absolute atomic E-state index is 14.7. The summed E-state index contributed by atoms with van der Waals surface area (Å²) in [6.07, 6.45) is -3.38. The van der Waals surface area contributed by atoms with E-state index in [2.05, 4.69) is 14.8 Å². The monoisotopic (exact) mass is 538 g/mol. The zero-order valence-corrected chi connectivity index (χ0v) is 20.3. The van der Waals surface area contributed by atoms with Crippen molar-refractivity contribution in [2.24, 2.45) is 5.73 Å². The topological polar surface area (TPSA) is 107 Å². The average molecular weight is 538 g/mol. The lowest BCUT2D eigenvalue weighted by atomic mass is 9.90. The Morgan fingerprint density at radius 3 is 2.26 bits per heavy atom. The first kappa shape index (κ1) is 25.7. The SMILES string of the molecule is CC(C)(F)C(=O)N1CC(c2nn(-c3ccc(OC(F)(F)F)cc3)c3nccc(N4CC(F)(C(N)=O)C4)c23)C1. The van der Waals surface area contributed by atoms with Gasteiger partial charge in [-0.3, -0.25) is 9.59 Å². The second kappa shape index (κ2) is 8.53. The van der Waals surface area contributed by atoms with Crippen molar-refractivity contribution in [2.45, 2.75) is 37.5 Å². The summed E-state index contributed by atoms with van der Waals surface area (Å²) in [4.78, 5) is 31.2.